The van der Waals surface area contributed by atoms with Crippen LogP contribution in [0.5, 0.6) is 0 Å². The van der Waals surface area contributed by atoms with Gasteiger partial charge in [0, 0.05) is 6.54 Å². The molecule has 0 spiro atoms. The highest BCUT2D eigenvalue weighted by atomic mass is 16.6. The van der Waals surface area contributed by atoms with Gasteiger partial charge in [0.2, 0.25) is 5.91 Å². The van der Waals surface area contributed by atoms with Crippen molar-refractivity contribution in [2.24, 2.45) is 0 Å². The normalized spacial score (nSPS) is 13.0. The van der Waals surface area contributed by atoms with Crippen LogP contribution >= 0.6 is 0 Å². The molecule has 1 heterocycles. The zero-order chi connectivity index (χ0) is 17.7. The van der Waals surface area contributed by atoms with Gasteiger partial charge >= 0.3 is 11.8 Å². The Bertz CT molecular complexity index is 758. The van der Waals surface area contributed by atoms with Crippen LogP contribution in [0, 0.1) is 10.1 Å². The van der Waals surface area contributed by atoms with Crippen LogP contribution in [0.25, 0.3) is 0 Å². The summed E-state index contributed by atoms with van der Waals surface area (Å²) in [6.45, 7) is 1.16. The molecule has 9 heteroatoms. The third-order valence-corrected chi connectivity index (χ3v) is 3.64. The number of hydrogen-bond acceptors (Lipinski definition) is 5. The van der Waals surface area contributed by atoms with E-state index in [-0.39, 0.29) is 18.9 Å². The topological polar surface area (TPSA) is 127 Å². The first-order valence-electron chi connectivity index (χ1n) is 7.06. The first kappa shape index (κ1) is 17.1. The quantitative estimate of drug-likeness (QED) is 0.574. The van der Waals surface area contributed by atoms with Gasteiger partial charge in [0.25, 0.3) is 0 Å². The number of carbonyl (C=O) groups excluding carboxylic acids is 1. The largest absolute Gasteiger partial charge is 0.481 e. The van der Waals surface area contributed by atoms with Crippen LogP contribution in [-0.2, 0) is 21.5 Å². The highest BCUT2D eigenvalue weighted by Crippen LogP contribution is 2.23. The van der Waals surface area contributed by atoms with Gasteiger partial charge in [-0.15, -0.1) is 0 Å². The first-order valence-corrected chi connectivity index (χ1v) is 7.06. The van der Waals surface area contributed by atoms with Crippen LogP contribution in [0.15, 0.2) is 42.6 Å². The molecule has 0 saturated heterocycles. The van der Waals surface area contributed by atoms with Gasteiger partial charge < -0.3 is 20.5 Å². The van der Waals surface area contributed by atoms with Crippen LogP contribution in [0.1, 0.15) is 12.5 Å². The molecule has 1 amide bonds. The molecule has 0 radical (unpaired) electrons. The summed E-state index contributed by atoms with van der Waals surface area (Å²) in [6.07, 6.45) is 1.31. The number of benzene rings is 1. The van der Waals surface area contributed by atoms with Crippen molar-refractivity contribution in [3.63, 3.8) is 0 Å². The molecule has 1 unspecified atom stereocenters. The van der Waals surface area contributed by atoms with Gasteiger partial charge in [-0.3, -0.25) is 9.59 Å². The number of carboxylic acids is 1. The second-order valence-corrected chi connectivity index (χ2v) is 5.41. The Morgan fingerprint density at radius 1 is 1.33 bits per heavy atom. The van der Waals surface area contributed by atoms with Crippen LogP contribution < -0.4 is 5.32 Å². The summed E-state index contributed by atoms with van der Waals surface area (Å²) in [6, 6.07) is 9.75. The van der Waals surface area contributed by atoms with Crippen molar-refractivity contribution in [3.05, 3.63) is 58.3 Å². The predicted molar refractivity (Wildman–Crippen MR) is 83.3 cm³/mol. The molecule has 1 aromatic heterocycles. The van der Waals surface area contributed by atoms with Gasteiger partial charge in [0.15, 0.2) is 0 Å². The maximum absolute atomic E-state index is 12.0. The smallest absolute Gasteiger partial charge is 0.389 e. The van der Waals surface area contributed by atoms with Crippen molar-refractivity contribution in [1.29, 1.82) is 0 Å². The molecular formula is C15H16N4O5. The Balaban J connectivity index is 2.02. The monoisotopic (exact) mass is 332 g/mol. The Morgan fingerprint density at radius 2 is 2.00 bits per heavy atom. The lowest BCUT2D eigenvalue weighted by molar-refractivity contribution is -0.389. The lowest BCUT2D eigenvalue weighted by atomic mass is 9.82. The number of hydrogen-bond donors (Lipinski definition) is 2. The molecular weight excluding hydrogens is 316 g/mol. The van der Waals surface area contributed by atoms with E-state index in [0.29, 0.717) is 5.56 Å². The lowest BCUT2D eigenvalue weighted by Crippen LogP contribution is -2.45. The Hall–Kier alpha value is -3.23. The zero-order valence-electron chi connectivity index (χ0n) is 12.9. The van der Waals surface area contributed by atoms with Gasteiger partial charge in [-0.2, -0.15) is 4.68 Å². The van der Waals surface area contributed by atoms with E-state index >= 15 is 0 Å². The molecule has 0 saturated carbocycles. The molecule has 0 aliphatic carbocycles. The SMILES string of the molecule is CC(CNC(=O)Cn1ccc([N+](=O)[O-])n1)(C(=O)O)c1ccccc1. The summed E-state index contributed by atoms with van der Waals surface area (Å²) in [7, 11) is 0. The summed E-state index contributed by atoms with van der Waals surface area (Å²) in [5, 5.41) is 26.2. The Morgan fingerprint density at radius 3 is 2.54 bits per heavy atom. The number of rotatable bonds is 7. The van der Waals surface area contributed by atoms with E-state index in [4.69, 9.17) is 0 Å². The average molecular weight is 332 g/mol. The molecule has 2 aromatic rings. The number of nitrogens with zero attached hydrogens (tertiary/aromatic N) is 3. The second-order valence-electron chi connectivity index (χ2n) is 5.41. The van der Waals surface area contributed by atoms with E-state index in [1.54, 1.807) is 30.3 Å². The summed E-state index contributed by atoms with van der Waals surface area (Å²) in [5.41, 5.74) is -0.722. The van der Waals surface area contributed by atoms with Crippen LogP contribution in [-0.4, -0.2) is 38.2 Å². The van der Waals surface area contributed by atoms with Gasteiger partial charge in [-0.25, -0.2) is 0 Å². The maximum atomic E-state index is 12.0. The van der Waals surface area contributed by atoms with Gasteiger partial charge in [0.05, 0.1) is 17.4 Å². The Kier molecular flexibility index (Phi) is 4.93. The molecule has 0 fully saturated rings. The first-order chi connectivity index (χ1) is 11.3. The van der Waals surface area contributed by atoms with Crippen molar-refractivity contribution >= 4 is 17.7 Å². The van der Waals surface area contributed by atoms with E-state index < -0.39 is 22.2 Å². The number of aromatic nitrogens is 2. The standard InChI is InChI=1S/C15H16N4O5/c1-15(14(21)22,11-5-3-2-4-6-11)10-16-13(20)9-18-8-7-12(17-18)19(23)24/h2-8H,9-10H2,1H3,(H,16,20)(H,21,22). The number of carbonyl (C=O) groups is 2. The third-order valence-electron chi connectivity index (χ3n) is 3.64. The fourth-order valence-corrected chi connectivity index (χ4v) is 2.12. The van der Waals surface area contributed by atoms with Gasteiger partial charge in [-0.1, -0.05) is 30.3 Å². The van der Waals surface area contributed by atoms with E-state index in [2.05, 4.69) is 10.4 Å². The fraction of sp³-hybridized carbons (Fsp3) is 0.267. The molecule has 24 heavy (non-hydrogen) atoms. The van der Waals surface area contributed by atoms with E-state index in [0.717, 1.165) is 4.68 Å². The molecule has 0 aliphatic rings. The fourth-order valence-electron chi connectivity index (χ4n) is 2.12. The minimum absolute atomic E-state index is 0.117. The number of nitrogens with one attached hydrogen (secondary N) is 1. The third kappa shape index (κ3) is 3.75. The Labute approximate surface area is 137 Å². The maximum Gasteiger partial charge on any atom is 0.389 e. The van der Waals surface area contributed by atoms with E-state index in [1.165, 1.54) is 19.2 Å². The predicted octanol–water partition coefficient (Wildman–Crippen LogP) is 0.950. The summed E-state index contributed by atoms with van der Waals surface area (Å²) in [5.74, 6) is -1.91. The number of aliphatic carboxylic acids is 1. The van der Waals surface area contributed by atoms with Crippen molar-refractivity contribution in [2.75, 3.05) is 6.54 Å². The molecule has 126 valence electrons. The zero-order valence-corrected chi connectivity index (χ0v) is 12.9. The number of nitro groups is 1. The highest BCUT2D eigenvalue weighted by Gasteiger charge is 2.35. The van der Waals surface area contributed by atoms with Crippen LogP contribution in [0.2, 0.25) is 0 Å². The summed E-state index contributed by atoms with van der Waals surface area (Å²) in [4.78, 5) is 33.5. The van der Waals surface area contributed by atoms with Gasteiger partial charge in [0.1, 0.15) is 12.0 Å². The summed E-state index contributed by atoms with van der Waals surface area (Å²) < 4.78 is 1.12. The molecule has 1 aromatic carbocycles. The van der Waals surface area contributed by atoms with E-state index in [1.807, 2.05) is 0 Å². The molecule has 0 aliphatic heterocycles. The highest BCUT2D eigenvalue weighted by molar-refractivity contribution is 5.83. The molecule has 0 bridgehead atoms. The van der Waals surface area contributed by atoms with Crippen LogP contribution in [0.3, 0.4) is 0 Å². The van der Waals surface area contributed by atoms with Crippen molar-refractivity contribution in [1.82, 2.24) is 15.1 Å². The van der Waals surface area contributed by atoms with Crippen LogP contribution in [0.4, 0.5) is 5.82 Å². The molecule has 9 nitrogen and oxygen atoms in total. The molecule has 2 rings (SSSR count). The number of carboxylic acid groups (broad SMARTS) is 1. The van der Waals surface area contributed by atoms with Crippen molar-refractivity contribution in [3.8, 4) is 0 Å². The number of amides is 1. The van der Waals surface area contributed by atoms with E-state index in [9.17, 15) is 24.8 Å². The minimum Gasteiger partial charge on any atom is -0.481 e. The van der Waals surface area contributed by atoms with Crippen molar-refractivity contribution in [2.45, 2.75) is 18.9 Å². The second kappa shape index (κ2) is 6.90. The average Bonchev–Trinajstić information content (AvgIpc) is 3.02. The molecule has 1 atom stereocenters. The van der Waals surface area contributed by atoms with Crippen molar-refractivity contribution < 1.29 is 19.6 Å². The minimum atomic E-state index is -1.28. The lowest BCUT2D eigenvalue weighted by Gasteiger charge is -2.25. The summed E-state index contributed by atoms with van der Waals surface area (Å²) >= 11 is 0. The molecule has 2 N–H and O–H groups in total. The van der Waals surface area contributed by atoms with Gasteiger partial charge in [-0.05, 0) is 17.4 Å².